The van der Waals surface area contributed by atoms with Crippen molar-refractivity contribution in [2.45, 2.75) is 25.4 Å². The fourth-order valence-electron chi connectivity index (χ4n) is 3.02. The molecule has 1 saturated heterocycles. The zero-order valence-corrected chi connectivity index (χ0v) is 10.4. The van der Waals surface area contributed by atoms with Gasteiger partial charge in [0.2, 0.25) is 0 Å². The van der Waals surface area contributed by atoms with Gasteiger partial charge in [-0.15, -0.1) is 0 Å². The summed E-state index contributed by atoms with van der Waals surface area (Å²) in [6.45, 7) is 4.55. The first-order chi connectivity index (χ1) is 8.38. The Balaban J connectivity index is 1.90. The van der Waals surface area contributed by atoms with E-state index in [1.807, 2.05) is 0 Å². The van der Waals surface area contributed by atoms with E-state index >= 15 is 0 Å². The standard InChI is InChI=1S/C14H20N2O/c1-17-12-4-5-13-11(8-12)9-15-10-14(13)16-6-2-3-7-16/h4-5,8,14-15H,2-3,6-7,9-10H2,1H3/t14-/m1/s1. The highest BCUT2D eigenvalue weighted by molar-refractivity contribution is 5.39. The maximum absolute atomic E-state index is 5.30. The molecule has 2 aliphatic rings. The fraction of sp³-hybridized carbons (Fsp3) is 0.571. The second kappa shape index (κ2) is 4.67. The van der Waals surface area contributed by atoms with Gasteiger partial charge >= 0.3 is 0 Å². The van der Waals surface area contributed by atoms with Gasteiger partial charge < -0.3 is 10.1 Å². The quantitative estimate of drug-likeness (QED) is 0.843. The summed E-state index contributed by atoms with van der Waals surface area (Å²) in [5, 5.41) is 3.52. The van der Waals surface area contributed by atoms with E-state index in [4.69, 9.17) is 4.74 Å². The van der Waals surface area contributed by atoms with E-state index < -0.39 is 0 Å². The summed E-state index contributed by atoms with van der Waals surface area (Å²) < 4.78 is 5.30. The first-order valence-corrected chi connectivity index (χ1v) is 6.50. The van der Waals surface area contributed by atoms with Gasteiger partial charge in [-0.1, -0.05) is 6.07 Å². The van der Waals surface area contributed by atoms with Crippen LogP contribution < -0.4 is 10.1 Å². The van der Waals surface area contributed by atoms with E-state index in [0.29, 0.717) is 6.04 Å². The van der Waals surface area contributed by atoms with Crippen molar-refractivity contribution >= 4 is 0 Å². The number of benzene rings is 1. The number of hydrogen-bond donors (Lipinski definition) is 1. The molecule has 2 heterocycles. The molecule has 3 heteroatoms. The van der Waals surface area contributed by atoms with Crippen molar-refractivity contribution in [3.05, 3.63) is 29.3 Å². The molecule has 0 unspecified atom stereocenters. The Morgan fingerprint density at radius 3 is 2.88 bits per heavy atom. The number of rotatable bonds is 2. The Morgan fingerprint density at radius 1 is 1.29 bits per heavy atom. The summed E-state index contributed by atoms with van der Waals surface area (Å²) in [4.78, 5) is 2.61. The summed E-state index contributed by atoms with van der Waals surface area (Å²) in [6.07, 6.45) is 2.70. The lowest BCUT2D eigenvalue weighted by atomic mass is 9.95. The van der Waals surface area contributed by atoms with Gasteiger partial charge in [0.15, 0.2) is 0 Å². The lowest BCUT2D eigenvalue weighted by molar-refractivity contribution is 0.228. The molecule has 17 heavy (non-hydrogen) atoms. The Kier molecular flexibility index (Phi) is 3.04. The third-order valence-electron chi connectivity index (χ3n) is 3.94. The Labute approximate surface area is 103 Å². The largest absolute Gasteiger partial charge is 0.497 e. The van der Waals surface area contributed by atoms with Crippen molar-refractivity contribution in [1.29, 1.82) is 0 Å². The molecule has 0 spiro atoms. The molecule has 1 aromatic rings. The fourth-order valence-corrected chi connectivity index (χ4v) is 3.02. The van der Waals surface area contributed by atoms with E-state index in [2.05, 4.69) is 28.4 Å². The van der Waals surface area contributed by atoms with E-state index in [1.165, 1.54) is 37.1 Å². The first-order valence-electron chi connectivity index (χ1n) is 6.50. The second-order valence-corrected chi connectivity index (χ2v) is 4.95. The molecule has 0 bridgehead atoms. The third kappa shape index (κ3) is 2.05. The van der Waals surface area contributed by atoms with Crippen molar-refractivity contribution in [2.75, 3.05) is 26.7 Å². The minimum atomic E-state index is 0.562. The molecule has 1 fully saturated rings. The third-order valence-corrected chi connectivity index (χ3v) is 3.94. The highest BCUT2D eigenvalue weighted by Gasteiger charge is 2.27. The average Bonchev–Trinajstić information content (AvgIpc) is 2.91. The van der Waals surface area contributed by atoms with Crippen LogP contribution in [0.15, 0.2) is 18.2 Å². The number of hydrogen-bond acceptors (Lipinski definition) is 3. The Bertz CT molecular complexity index is 399. The molecule has 0 aromatic heterocycles. The minimum Gasteiger partial charge on any atom is -0.497 e. The van der Waals surface area contributed by atoms with Crippen LogP contribution in [0, 0.1) is 0 Å². The van der Waals surface area contributed by atoms with Gasteiger partial charge in [-0.2, -0.15) is 0 Å². The molecule has 3 rings (SSSR count). The molecule has 3 nitrogen and oxygen atoms in total. The molecule has 1 atom stereocenters. The molecule has 0 saturated carbocycles. The molecule has 0 radical (unpaired) electrons. The molecule has 92 valence electrons. The summed E-state index contributed by atoms with van der Waals surface area (Å²) in [5.74, 6) is 0.965. The first kappa shape index (κ1) is 11.1. The zero-order valence-electron chi connectivity index (χ0n) is 10.4. The number of nitrogens with zero attached hydrogens (tertiary/aromatic N) is 1. The molecular weight excluding hydrogens is 212 g/mol. The summed E-state index contributed by atoms with van der Waals surface area (Å²) in [7, 11) is 1.73. The van der Waals surface area contributed by atoms with Crippen LogP contribution in [0.5, 0.6) is 5.75 Å². The van der Waals surface area contributed by atoms with Crippen LogP contribution >= 0.6 is 0 Å². The van der Waals surface area contributed by atoms with Gasteiger partial charge in [-0.05, 0) is 49.2 Å². The van der Waals surface area contributed by atoms with Gasteiger partial charge in [0.05, 0.1) is 7.11 Å². The smallest absolute Gasteiger partial charge is 0.119 e. The highest BCUT2D eigenvalue weighted by atomic mass is 16.5. The number of methoxy groups -OCH3 is 1. The van der Waals surface area contributed by atoms with Gasteiger partial charge in [0.1, 0.15) is 5.75 Å². The SMILES string of the molecule is COc1ccc2c(c1)CNC[C@H]2N1CCCC1. The normalized spacial score (nSPS) is 24.6. The van der Waals surface area contributed by atoms with Crippen molar-refractivity contribution in [2.24, 2.45) is 0 Å². The van der Waals surface area contributed by atoms with Crippen molar-refractivity contribution in [3.8, 4) is 5.75 Å². The Hall–Kier alpha value is -1.06. The number of ether oxygens (including phenoxy) is 1. The molecule has 0 aliphatic carbocycles. The predicted molar refractivity (Wildman–Crippen MR) is 68.2 cm³/mol. The van der Waals surface area contributed by atoms with Crippen molar-refractivity contribution < 1.29 is 4.74 Å². The lowest BCUT2D eigenvalue weighted by Gasteiger charge is -2.33. The molecule has 1 N–H and O–H groups in total. The number of nitrogens with one attached hydrogen (secondary N) is 1. The minimum absolute atomic E-state index is 0.562. The maximum atomic E-state index is 5.30. The van der Waals surface area contributed by atoms with E-state index in [1.54, 1.807) is 7.11 Å². The van der Waals surface area contributed by atoms with Crippen LogP contribution in [0.3, 0.4) is 0 Å². The Morgan fingerprint density at radius 2 is 2.12 bits per heavy atom. The van der Waals surface area contributed by atoms with Crippen LogP contribution in [0.25, 0.3) is 0 Å². The predicted octanol–water partition coefficient (Wildman–Crippen LogP) is 1.94. The van der Waals surface area contributed by atoms with Gasteiger partial charge in [0.25, 0.3) is 0 Å². The van der Waals surface area contributed by atoms with Crippen molar-refractivity contribution in [1.82, 2.24) is 10.2 Å². The average molecular weight is 232 g/mol. The highest BCUT2D eigenvalue weighted by Crippen LogP contribution is 2.31. The molecule has 2 aliphatic heterocycles. The topological polar surface area (TPSA) is 24.5 Å². The second-order valence-electron chi connectivity index (χ2n) is 4.95. The van der Waals surface area contributed by atoms with Crippen LogP contribution in [0.1, 0.15) is 30.0 Å². The number of likely N-dealkylation sites (tertiary alicyclic amines) is 1. The van der Waals surface area contributed by atoms with E-state index in [9.17, 15) is 0 Å². The van der Waals surface area contributed by atoms with Crippen LogP contribution in [0.4, 0.5) is 0 Å². The molecular formula is C14H20N2O. The lowest BCUT2D eigenvalue weighted by Crippen LogP contribution is -2.38. The van der Waals surface area contributed by atoms with E-state index in [0.717, 1.165) is 18.8 Å². The monoisotopic (exact) mass is 232 g/mol. The zero-order chi connectivity index (χ0) is 11.7. The maximum Gasteiger partial charge on any atom is 0.119 e. The van der Waals surface area contributed by atoms with E-state index in [-0.39, 0.29) is 0 Å². The van der Waals surface area contributed by atoms with Crippen LogP contribution in [-0.2, 0) is 6.54 Å². The molecule has 1 aromatic carbocycles. The van der Waals surface area contributed by atoms with Gasteiger partial charge in [-0.25, -0.2) is 0 Å². The van der Waals surface area contributed by atoms with Crippen LogP contribution in [-0.4, -0.2) is 31.6 Å². The number of fused-ring (bicyclic) bond motifs is 1. The molecule has 0 amide bonds. The van der Waals surface area contributed by atoms with Gasteiger partial charge in [0, 0.05) is 19.1 Å². The van der Waals surface area contributed by atoms with Gasteiger partial charge in [-0.3, -0.25) is 4.90 Å². The summed E-state index contributed by atoms with van der Waals surface area (Å²) >= 11 is 0. The van der Waals surface area contributed by atoms with Crippen LogP contribution in [0.2, 0.25) is 0 Å². The summed E-state index contributed by atoms with van der Waals surface area (Å²) in [5.41, 5.74) is 2.89. The van der Waals surface area contributed by atoms with Crippen molar-refractivity contribution in [3.63, 3.8) is 0 Å². The summed E-state index contributed by atoms with van der Waals surface area (Å²) in [6, 6.07) is 7.07.